The van der Waals surface area contributed by atoms with E-state index in [2.05, 4.69) is 5.16 Å². The summed E-state index contributed by atoms with van der Waals surface area (Å²) in [7, 11) is 0. The zero-order valence-electron chi connectivity index (χ0n) is 10.2. The summed E-state index contributed by atoms with van der Waals surface area (Å²) in [6.07, 6.45) is 3.97. The topological polar surface area (TPSA) is 69.9 Å². The van der Waals surface area contributed by atoms with Crippen LogP contribution in [0.15, 0.2) is 29.4 Å². The van der Waals surface area contributed by atoms with E-state index in [1.165, 1.54) is 0 Å². The minimum Gasteiger partial charge on any atom is -0.481 e. The summed E-state index contributed by atoms with van der Waals surface area (Å²) in [6, 6.07) is 7.64. The molecule has 4 heteroatoms. The quantitative estimate of drug-likeness (QED) is 0.634. The molecule has 1 aliphatic rings. The highest BCUT2D eigenvalue weighted by molar-refractivity contribution is 5.88. The Morgan fingerprint density at radius 1 is 1.28 bits per heavy atom. The maximum atomic E-state index is 10.6. The molecule has 0 radical (unpaired) electrons. The Hall–Kier alpha value is -1.84. The second kappa shape index (κ2) is 5.67. The fourth-order valence-corrected chi connectivity index (χ4v) is 2.50. The molecule has 2 N–H and O–H groups in total. The maximum absolute atomic E-state index is 10.6. The van der Waals surface area contributed by atoms with E-state index in [1.807, 2.05) is 24.3 Å². The van der Waals surface area contributed by atoms with Gasteiger partial charge < -0.3 is 10.3 Å². The van der Waals surface area contributed by atoms with Crippen LogP contribution < -0.4 is 0 Å². The molecule has 1 aliphatic carbocycles. The number of oxime groups is 1. The van der Waals surface area contributed by atoms with Crippen molar-refractivity contribution in [2.24, 2.45) is 11.1 Å². The number of carbonyl (C=O) groups is 1. The predicted molar refractivity (Wildman–Crippen MR) is 68.0 cm³/mol. The molecular formula is C14H17NO3. The van der Waals surface area contributed by atoms with Crippen molar-refractivity contribution in [2.45, 2.75) is 32.1 Å². The van der Waals surface area contributed by atoms with Crippen molar-refractivity contribution in [3.63, 3.8) is 0 Å². The third-order valence-electron chi connectivity index (χ3n) is 3.45. The van der Waals surface area contributed by atoms with Crippen molar-refractivity contribution in [2.75, 3.05) is 0 Å². The van der Waals surface area contributed by atoms with E-state index in [0.717, 1.165) is 42.5 Å². The molecule has 0 saturated heterocycles. The number of aliphatic carboxylic acids is 1. The molecule has 4 nitrogen and oxygen atoms in total. The normalized spacial score (nSPS) is 21.3. The number of carboxylic acid groups (broad SMARTS) is 1. The fraction of sp³-hybridized carbons (Fsp3) is 0.429. The van der Waals surface area contributed by atoms with E-state index < -0.39 is 5.97 Å². The monoisotopic (exact) mass is 247 g/mol. The summed E-state index contributed by atoms with van der Waals surface area (Å²) in [5.74, 6) is -0.478. The van der Waals surface area contributed by atoms with Gasteiger partial charge in [0, 0.05) is 5.92 Å². The van der Waals surface area contributed by atoms with Crippen molar-refractivity contribution in [3.05, 3.63) is 35.4 Å². The van der Waals surface area contributed by atoms with Gasteiger partial charge >= 0.3 is 5.97 Å². The smallest absolute Gasteiger partial charge is 0.307 e. The molecule has 0 aromatic heterocycles. The van der Waals surface area contributed by atoms with Gasteiger partial charge in [-0.25, -0.2) is 0 Å². The zero-order valence-corrected chi connectivity index (χ0v) is 10.2. The third kappa shape index (κ3) is 3.09. The number of nitrogens with zero attached hydrogens (tertiary/aromatic N) is 1. The minimum absolute atomic E-state index is 0.0626. The molecule has 0 spiro atoms. The third-order valence-corrected chi connectivity index (χ3v) is 3.45. The van der Waals surface area contributed by atoms with Crippen LogP contribution >= 0.6 is 0 Å². The number of carboxylic acids is 1. The molecule has 2 rings (SSSR count). The summed E-state index contributed by atoms with van der Waals surface area (Å²) in [5, 5.41) is 20.9. The summed E-state index contributed by atoms with van der Waals surface area (Å²) in [5.41, 5.74) is 2.87. The average molecular weight is 247 g/mol. The van der Waals surface area contributed by atoms with Crippen molar-refractivity contribution in [1.29, 1.82) is 0 Å². The molecule has 96 valence electrons. The van der Waals surface area contributed by atoms with Gasteiger partial charge in [0.2, 0.25) is 0 Å². The zero-order chi connectivity index (χ0) is 13.0. The lowest BCUT2D eigenvalue weighted by Gasteiger charge is -2.10. The van der Waals surface area contributed by atoms with E-state index in [1.54, 1.807) is 0 Å². The highest BCUT2D eigenvalue weighted by Gasteiger charge is 2.23. The molecule has 0 heterocycles. The Morgan fingerprint density at radius 2 is 1.94 bits per heavy atom. The lowest BCUT2D eigenvalue weighted by molar-refractivity contribution is -0.136. The van der Waals surface area contributed by atoms with Crippen molar-refractivity contribution in [3.8, 4) is 0 Å². The van der Waals surface area contributed by atoms with E-state index in [4.69, 9.17) is 10.3 Å². The number of hydrogen-bond donors (Lipinski definition) is 2. The van der Waals surface area contributed by atoms with E-state index in [9.17, 15) is 4.79 Å². The van der Waals surface area contributed by atoms with Crippen molar-refractivity contribution in [1.82, 2.24) is 0 Å². The van der Waals surface area contributed by atoms with Gasteiger partial charge in [-0.1, -0.05) is 29.4 Å². The van der Waals surface area contributed by atoms with Crippen LogP contribution in [0.3, 0.4) is 0 Å². The van der Waals surface area contributed by atoms with Gasteiger partial charge in [-0.15, -0.1) is 0 Å². The second-order valence-electron chi connectivity index (χ2n) is 4.77. The first-order valence-electron chi connectivity index (χ1n) is 6.19. The predicted octanol–water partition coefficient (Wildman–Crippen LogP) is 2.49. The van der Waals surface area contributed by atoms with Gasteiger partial charge in [0.05, 0.1) is 12.1 Å². The molecule has 0 amide bonds. The van der Waals surface area contributed by atoms with E-state index in [-0.39, 0.29) is 6.42 Å². The summed E-state index contributed by atoms with van der Waals surface area (Å²) in [4.78, 5) is 10.6. The van der Waals surface area contributed by atoms with Crippen LogP contribution in [0.2, 0.25) is 0 Å². The van der Waals surface area contributed by atoms with Gasteiger partial charge in [-0.05, 0) is 36.8 Å². The molecule has 1 aromatic carbocycles. The highest BCUT2D eigenvalue weighted by Crippen LogP contribution is 2.26. The minimum atomic E-state index is -0.812. The molecule has 1 fully saturated rings. The maximum Gasteiger partial charge on any atom is 0.307 e. The molecular weight excluding hydrogens is 230 g/mol. The Morgan fingerprint density at radius 3 is 2.56 bits per heavy atom. The van der Waals surface area contributed by atoms with Gasteiger partial charge in [0.25, 0.3) is 0 Å². The van der Waals surface area contributed by atoms with Crippen LogP contribution in [0.4, 0.5) is 0 Å². The number of hydrogen-bond acceptors (Lipinski definition) is 3. The number of rotatable bonds is 4. The Bertz CT molecular complexity index is 451. The number of benzene rings is 1. The first-order valence-corrected chi connectivity index (χ1v) is 6.19. The lowest BCUT2D eigenvalue weighted by Crippen LogP contribution is -2.10. The van der Waals surface area contributed by atoms with E-state index >= 15 is 0 Å². The fourth-order valence-electron chi connectivity index (χ4n) is 2.50. The lowest BCUT2D eigenvalue weighted by atomic mass is 9.96. The Labute approximate surface area is 106 Å². The van der Waals surface area contributed by atoms with Crippen molar-refractivity contribution < 1.29 is 15.1 Å². The van der Waals surface area contributed by atoms with Gasteiger partial charge in [0.1, 0.15) is 0 Å². The van der Waals surface area contributed by atoms with Crippen LogP contribution in [0.1, 0.15) is 30.4 Å². The Balaban J connectivity index is 2.00. The van der Waals surface area contributed by atoms with Gasteiger partial charge in [0.15, 0.2) is 0 Å². The first kappa shape index (κ1) is 12.6. The van der Waals surface area contributed by atoms with Crippen LogP contribution in [-0.2, 0) is 17.6 Å². The first-order chi connectivity index (χ1) is 8.69. The highest BCUT2D eigenvalue weighted by atomic mass is 16.4. The van der Waals surface area contributed by atoms with Gasteiger partial charge in [-0.2, -0.15) is 0 Å². The van der Waals surface area contributed by atoms with Crippen LogP contribution in [-0.4, -0.2) is 22.0 Å². The molecule has 1 aromatic rings. The molecule has 18 heavy (non-hydrogen) atoms. The Kier molecular flexibility index (Phi) is 3.97. The molecule has 0 unspecified atom stereocenters. The molecule has 0 aliphatic heterocycles. The van der Waals surface area contributed by atoms with Gasteiger partial charge in [-0.3, -0.25) is 4.79 Å². The SMILES string of the molecule is O=C(O)Cc1ccc(C[C@H]2CCC/C2=N/O)cc1. The summed E-state index contributed by atoms with van der Waals surface area (Å²) < 4.78 is 0. The largest absolute Gasteiger partial charge is 0.481 e. The molecule has 0 bridgehead atoms. The summed E-state index contributed by atoms with van der Waals surface area (Å²) >= 11 is 0. The second-order valence-corrected chi connectivity index (χ2v) is 4.77. The standard InChI is InChI=1S/C14H17NO3/c16-14(17)9-11-6-4-10(5-7-11)8-12-2-1-3-13(12)15-18/h4-7,12,18H,1-3,8-9H2,(H,16,17)/b15-13-/t12-/m1/s1. The van der Waals surface area contributed by atoms with Crippen molar-refractivity contribution >= 4 is 11.7 Å². The van der Waals surface area contributed by atoms with Crippen LogP contribution in [0.5, 0.6) is 0 Å². The molecule has 1 atom stereocenters. The van der Waals surface area contributed by atoms with Crippen LogP contribution in [0, 0.1) is 5.92 Å². The summed E-state index contributed by atoms with van der Waals surface area (Å²) in [6.45, 7) is 0. The molecule has 1 saturated carbocycles. The average Bonchev–Trinajstić information content (AvgIpc) is 2.78. The van der Waals surface area contributed by atoms with E-state index in [0.29, 0.717) is 5.92 Å². The van der Waals surface area contributed by atoms with Crippen LogP contribution in [0.25, 0.3) is 0 Å².